The molecule has 0 saturated heterocycles. The molecular weight excluding hydrogens is 326 g/mol. The minimum atomic E-state index is -0.455. The Hall–Kier alpha value is -2.44. The highest BCUT2D eigenvalue weighted by Crippen LogP contribution is 2.18. The van der Waals surface area contributed by atoms with Crippen LogP contribution in [0.5, 0.6) is 0 Å². The number of benzene rings is 1. The second-order valence-corrected chi connectivity index (χ2v) is 5.64. The molecule has 0 aliphatic rings. The zero-order chi connectivity index (χ0) is 18.5. The Morgan fingerprint density at radius 2 is 1.64 bits per heavy atom. The third kappa shape index (κ3) is 8.83. The van der Waals surface area contributed by atoms with Crippen molar-refractivity contribution in [1.82, 2.24) is 0 Å². The molecular formula is C18H25NO6. The SMILES string of the molecule is CCCCCOC(=O)CCCC(=O)OCCc1ccccc1[N+](=O)[O-]. The molecule has 0 atom stereocenters. The molecule has 7 nitrogen and oxygen atoms in total. The van der Waals surface area contributed by atoms with Crippen LogP contribution in [0.25, 0.3) is 0 Å². The molecule has 0 unspecified atom stereocenters. The largest absolute Gasteiger partial charge is 0.466 e. The molecule has 0 aliphatic heterocycles. The third-order valence-corrected chi connectivity index (χ3v) is 3.60. The Morgan fingerprint density at radius 1 is 1.00 bits per heavy atom. The van der Waals surface area contributed by atoms with Crippen LogP contribution in [-0.2, 0) is 25.5 Å². The molecule has 0 saturated carbocycles. The molecule has 0 N–H and O–H groups in total. The van der Waals surface area contributed by atoms with Crippen molar-refractivity contribution in [3.8, 4) is 0 Å². The summed E-state index contributed by atoms with van der Waals surface area (Å²) in [5, 5.41) is 10.9. The monoisotopic (exact) mass is 351 g/mol. The van der Waals surface area contributed by atoms with Crippen molar-refractivity contribution in [1.29, 1.82) is 0 Å². The fraction of sp³-hybridized carbons (Fsp3) is 0.556. The molecule has 1 rings (SSSR count). The molecule has 0 bridgehead atoms. The van der Waals surface area contributed by atoms with E-state index in [2.05, 4.69) is 6.92 Å². The number of nitro groups is 1. The predicted molar refractivity (Wildman–Crippen MR) is 92.1 cm³/mol. The normalized spacial score (nSPS) is 10.3. The average Bonchev–Trinajstić information content (AvgIpc) is 2.59. The second-order valence-electron chi connectivity index (χ2n) is 5.64. The van der Waals surface area contributed by atoms with Gasteiger partial charge in [-0.1, -0.05) is 38.0 Å². The predicted octanol–water partition coefficient (Wildman–Crippen LogP) is 3.58. The maximum Gasteiger partial charge on any atom is 0.305 e. The summed E-state index contributed by atoms with van der Waals surface area (Å²) < 4.78 is 10.1. The zero-order valence-corrected chi connectivity index (χ0v) is 14.6. The van der Waals surface area contributed by atoms with Gasteiger partial charge in [-0.3, -0.25) is 19.7 Å². The Kier molecular flexibility index (Phi) is 9.89. The molecule has 1 aromatic rings. The number of nitrogens with zero attached hydrogens (tertiary/aromatic N) is 1. The van der Waals surface area contributed by atoms with Gasteiger partial charge in [-0.2, -0.15) is 0 Å². The molecule has 138 valence electrons. The lowest BCUT2D eigenvalue weighted by molar-refractivity contribution is -0.385. The van der Waals surface area contributed by atoms with Gasteiger partial charge >= 0.3 is 11.9 Å². The van der Waals surface area contributed by atoms with Crippen molar-refractivity contribution < 1.29 is 24.0 Å². The minimum absolute atomic E-state index is 0.0179. The van der Waals surface area contributed by atoms with Crippen LogP contribution in [0.4, 0.5) is 5.69 Å². The van der Waals surface area contributed by atoms with Crippen LogP contribution in [0.2, 0.25) is 0 Å². The van der Waals surface area contributed by atoms with Gasteiger partial charge in [-0.15, -0.1) is 0 Å². The van der Waals surface area contributed by atoms with Crippen molar-refractivity contribution in [3.63, 3.8) is 0 Å². The lowest BCUT2D eigenvalue weighted by Gasteiger charge is -2.06. The number of hydrogen-bond acceptors (Lipinski definition) is 6. The fourth-order valence-electron chi connectivity index (χ4n) is 2.23. The van der Waals surface area contributed by atoms with E-state index < -0.39 is 10.9 Å². The number of para-hydroxylation sites is 1. The van der Waals surface area contributed by atoms with E-state index in [1.54, 1.807) is 18.2 Å². The van der Waals surface area contributed by atoms with E-state index in [9.17, 15) is 19.7 Å². The first-order chi connectivity index (χ1) is 12.0. The van der Waals surface area contributed by atoms with Gasteiger partial charge in [0.25, 0.3) is 5.69 Å². The minimum Gasteiger partial charge on any atom is -0.466 e. The molecule has 7 heteroatoms. The van der Waals surface area contributed by atoms with Crippen molar-refractivity contribution in [2.45, 2.75) is 51.9 Å². The van der Waals surface area contributed by atoms with Crippen LogP contribution in [0.3, 0.4) is 0 Å². The van der Waals surface area contributed by atoms with E-state index in [0.717, 1.165) is 19.3 Å². The highest BCUT2D eigenvalue weighted by molar-refractivity contribution is 5.72. The molecule has 0 aromatic heterocycles. The molecule has 0 radical (unpaired) electrons. The summed E-state index contributed by atoms with van der Waals surface area (Å²) >= 11 is 0. The molecule has 0 spiro atoms. The smallest absolute Gasteiger partial charge is 0.305 e. The lowest BCUT2D eigenvalue weighted by Crippen LogP contribution is -2.10. The van der Waals surface area contributed by atoms with Crippen LogP contribution in [-0.4, -0.2) is 30.1 Å². The standard InChI is InChI=1S/C18H25NO6/c1-2-3-6-13-24-17(20)10-7-11-18(21)25-14-12-15-8-4-5-9-16(15)19(22)23/h4-5,8-9H,2-3,6-7,10-14H2,1H3. The quantitative estimate of drug-likeness (QED) is 0.247. The maximum atomic E-state index is 11.6. The van der Waals surface area contributed by atoms with E-state index in [-0.39, 0.29) is 37.5 Å². The fourth-order valence-corrected chi connectivity index (χ4v) is 2.23. The summed E-state index contributed by atoms with van der Waals surface area (Å²) in [5.41, 5.74) is 0.542. The number of esters is 2. The highest BCUT2D eigenvalue weighted by atomic mass is 16.6. The van der Waals surface area contributed by atoms with Gasteiger partial charge in [0.05, 0.1) is 18.1 Å². The number of carbonyl (C=O) groups is 2. The highest BCUT2D eigenvalue weighted by Gasteiger charge is 2.13. The molecule has 25 heavy (non-hydrogen) atoms. The van der Waals surface area contributed by atoms with E-state index in [4.69, 9.17) is 9.47 Å². The van der Waals surface area contributed by atoms with E-state index >= 15 is 0 Å². The van der Waals surface area contributed by atoms with Crippen LogP contribution < -0.4 is 0 Å². The first-order valence-electron chi connectivity index (χ1n) is 8.58. The topological polar surface area (TPSA) is 95.7 Å². The summed E-state index contributed by atoms with van der Waals surface area (Å²) in [5.74, 6) is -0.721. The summed E-state index contributed by atoms with van der Waals surface area (Å²) in [4.78, 5) is 33.5. The van der Waals surface area contributed by atoms with Crippen LogP contribution in [0, 0.1) is 10.1 Å². The van der Waals surface area contributed by atoms with Gasteiger partial charge in [0.15, 0.2) is 0 Å². The molecule has 0 fully saturated rings. The molecule has 0 aliphatic carbocycles. The van der Waals surface area contributed by atoms with Gasteiger partial charge in [0, 0.05) is 30.9 Å². The third-order valence-electron chi connectivity index (χ3n) is 3.60. The number of nitro benzene ring substituents is 1. The zero-order valence-electron chi connectivity index (χ0n) is 14.6. The second kappa shape index (κ2) is 12.0. The molecule has 1 aromatic carbocycles. The Bertz CT molecular complexity index is 572. The van der Waals surface area contributed by atoms with Crippen LogP contribution >= 0.6 is 0 Å². The first kappa shape index (κ1) is 20.6. The average molecular weight is 351 g/mol. The Labute approximate surface area is 147 Å². The number of ether oxygens (including phenoxy) is 2. The summed E-state index contributed by atoms with van der Waals surface area (Å²) in [6, 6.07) is 6.36. The van der Waals surface area contributed by atoms with E-state index in [1.165, 1.54) is 6.07 Å². The number of hydrogen-bond donors (Lipinski definition) is 0. The summed E-state index contributed by atoms with van der Waals surface area (Å²) in [6.07, 6.45) is 3.91. The van der Waals surface area contributed by atoms with E-state index in [0.29, 0.717) is 18.6 Å². The summed E-state index contributed by atoms with van der Waals surface area (Å²) in [6.45, 7) is 2.57. The first-order valence-corrected chi connectivity index (χ1v) is 8.58. The number of carbonyl (C=O) groups excluding carboxylic acids is 2. The number of rotatable bonds is 12. The summed E-state index contributed by atoms with van der Waals surface area (Å²) in [7, 11) is 0. The number of unbranched alkanes of at least 4 members (excludes halogenated alkanes) is 2. The van der Waals surface area contributed by atoms with Gasteiger partial charge in [0.1, 0.15) is 0 Å². The lowest BCUT2D eigenvalue weighted by atomic mass is 10.1. The van der Waals surface area contributed by atoms with Gasteiger partial charge in [-0.25, -0.2) is 0 Å². The van der Waals surface area contributed by atoms with Gasteiger partial charge < -0.3 is 9.47 Å². The van der Waals surface area contributed by atoms with Crippen molar-refractivity contribution in [2.24, 2.45) is 0 Å². The molecule has 0 amide bonds. The van der Waals surface area contributed by atoms with Crippen LogP contribution in [0.15, 0.2) is 24.3 Å². The van der Waals surface area contributed by atoms with Gasteiger partial charge in [0.2, 0.25) is 0 Å². The van der Waals surface area contributed by atoms with Gasteiger partial charge in [-0.05, 0) is 12.8 Å². The van der Waals surface area contributed by atoms with Crippen LogP contribution in [0.1, 0.15) is 51.0 Å². The van der Waals surface area contributed by atoms with Crippen molar-refractivity contribution in [2.75, 3.05) is 13.2 Å². The van der Waals surface area contributed by atoms with Crippen molar-refractivity contribution >= 4 is 17.6 Å². The molecule has 0 heterocycles. The maximum absolute atomic E-state index is 11.6. The van der Waals surface area contributed by atoms with Crippen molar-refractivity contribution in [3.05, 3.63) is 39.9 Å². The Morgan fingerprint density at radius 3 is 2.28 bits per heavy atom. The van der Waals surface area contributed by atoms with E-state index in [1.807, 2.05) is 0 Å². The Balaban J connectivity index is 2.17.